The summed E-state index contributed by atoms with van der Waals surface area (Å²) in [5.41, 5.74) is 0. The zero-order valence-corrected chi connectivity index (χ0v) is 15.5. The summed E-state index contributed by atoms with van der Waals surface area (Å²) in [7, 11) is 2.19. The van der Waals surface area contributed by atoms with Crippen LogP contribution in [0.2, 0.25) is 5.02 Å². The number of amides is 2. The van der Waals surface area contributed by atoms with Gasteiger partial charge in [0.1, 0.15) is 5.82 Å². The molecule has 1 aromatic heterocycles. The first kappa shape index (κ1) is 16.9. The van der Waals surface area contributed by atoms with Crippen LogP contribution in [0.25, 0.3) is 0 Å². The zero-order valence-electron chi connectivity index (χ0n) is 14.8. The molecule has 7 heteroatoms. The fraction of sp³-hybridized carbons (Fsp3) is 0.667. The number of pyridine rings is 1. The number of anilines is 1. The van der Waals surface area contributed by atoms with E-state index in [0.717, 1.165) is 57.4 Å². The fourth-order valence-corrected chi connectivity index (χ4v) is 4.52. The third-order valence-electron chi connectivity index (χ3n) is 6.00. The molecule has 25 heavy (non-hydrogen) atoms. The van der Waals surface area contributed by atoms with E-state index in [1.807, 2.05) is 17.0 Å². The largest absolute Gasteiger partial charge is 0.353 e. The van der Waals surface area contributed by atoms with Gasteiger partial charge >= 0.3 is 6.03 Å². The van der Waals surface area contributed by atoms with Gasteiger partial charge in [-0.3, -0.25) is 0 Å². The smallest absolute Gasteiger partial charge is 0.320 e. The second-order valence-corrected chi connectivity index (χ2v) is 7.86. The highest BCUT2D eigenvalue weighted by molar-refractivity contribution is 6.30. The van der Waals surface area contributed by atoms with Gasteiger partial charge in [-0.2, -0.15) is 0 Å². The lowest BCUT2D eigenvalue weighted by molar-refractivity contribution is 0.103. The maximum atomic E-state index is 12.9. The number of nitrogens with zero attached hydrogens (tertiary/aromatic N) is 5. The minimum Gasteiger partial charge on any atom is -0.353 e. The molecule has 3 aliphatic rings. The average molecular weight is 364 g/mol. The summed E-state index contributed by atoms with van der Waals surface area (Å²) < 4.78 is 0. The van der Waals surface area contributed by atoms with E-state index in [1.54, 1.807) is 6.20 Å². The third-order valence-corrected chi connectivity index (χ3v) is 6.22. The molecule has 0 unspecified atom stereocenters. The Morgan fingerprint density at radius 3 is 2.56 bits per heavy atom. The van der Waals surface area contributed by atoms with Crippen LogP contribution in [0.4, 0.5) is 10.6 Å². The Balaban J connectivity index is 1.33. The van der Waals surface area contributed by atoms with E-state index >= 15 is 0 Å². The van der Waals surface area contributed by atoms with Crippen molar-refractivity contribution in [1.29, 1.82) is 0 Å². The number of piperidine rings is 1. The van der Waals surface area contributed by atoms with Crippen LogP contribution in [0.1, 0.15) is 12.8 Å². The molecule has 0 saturated carbocycles. The number of likely N-dealkylation sites (tertiary alicyclic amines) is 2. The molecule has 6 nitrogen and oxygen atoms in total. The SMILES string of the molecule is CN1CC[C@@H]2CCN(C(=O)N3CCN(c4ccc(Cl)cn4)CC3)C[C@@H]21. The normalized spacial score (nSPS) is 27.5. The van der Waals surface area contributed by atoms with Crippen molar-refractivity contribution >= 4 is 23.4 Å². The van der Waals surface area contributed by atoms with Crippen LogP contribution < -0.4 is 4.90 Å². The number of rotatable bonds is 1. The molecular weight excluding hydrogens is 338 g/mol. The summed E-state index contributed by atoms with van der Waals surface area (Å²) in [6, 6.07) is 4.57. The number of halogens is 1. The van der Waals surface area contributed by atoms with Crippen molar-refractivity contribution in [3.8, 4) is 0 Å². The Hall–Kier alpha value is -1.53. The Morgan fingerprint density at radius 2 is 1.84 bits per heavy atom. The molecule has 0 aliphatic carbocycles. The van der Waals surface area contributed by atoms with Crippen LogP contribution in [0.5, 0.6) is 0 Å². The highest BCUT2D eigenvalue weighted by Gasteiger charge is 2.39. The Bertz CT molecular complexity index is 616. The zero-order chi connectivity index (χ0) is 17.4. The minimum atomic E-state index is 0.211. The van der Waals surface area contributed by atoms with Gasteiger partial charge in [0.15, 0.2) is 0 Å². The molecule has 0 N–H and O–H groups in total. The molecule has 2 amide bonds. The van der Waals surface area contributed by atoms with E-state index in [1.165, 1.54) is 13.0 Å². The third kappa shape index (κ3) is 3.42. The standard InChI is InChI=1S/C18H26ClN5O/c1-21-6-4-14-5-7-24(13-16(14)21)18(25)23-10-8-22(9-11-23)17-3-2-15(19)12-20-17/h2-3,12,14,16H,4-11,13H2,1H3/t14-,16+/m1/s1. The van der Waals surface area contributed by atoms with Crippen LogP contribution in [0.15, 0.2) is 18.3 Å². The molecule has 3 aliphatic heterocycles. The van der Waals surface area contributed by atoms with Gasteiger partial charge in [-0.15, -0.1) is 0 Å². The first-order chi connectivity index (χ1) is 12.1. The molecule has 4 heterocycles. The first-order valence-corrected chi connectivity index (χ1v) is 9.60. The topological polar surface area (TPSA) is 42.9 Å². The Morgan fingerprint density at radius 1 is 1.08 bits per heavy atom. The number of piperazine rings is 1. The van der Waals surface area contributed by atoms with Gasteiger partial charge in [0.2, 0.25) is 0 Å². The number of urea groups is 1. The van der Waals surface area contributed by atoms with Crippen LogP contribution in [0.3, 0.4) is 0 Å². The van der Waals surface area contributed by atoms with E-state index in [-0.39, 0.29) is 6.03 Å². The van der Waals surface area contributed by atoms with Gasteiger partial charge in [-0.1, -0.05) is 11.6 Å². The molecule has 4 rings (SSSR count). The number of fused-ring (bicyclic) bond motifs is 1. The molecule has 3 fully saturated rings. The van der Waals surface area contributed by atoms with E-state index in [4.69, 9.17) is 11.6 Å². The van der Waals surface area contributed by atoms with Crippen molar-refractivity contribution in [3.63, 3.8) is 0 Å². The summed E-state index contributed by atoms with van der Waals surface area (Å²) in [6.45, 7) is 6.11. The quantitative estimate of drug-likeness (QED) is 0.765. The molecule has 0 bridgehead atoms. The maximum Gasteiger partial charge on any atom is 0.320 e. The van der Waals surface area contributed by atoms with Crippen molar-refractivity contribution in [2.45, 2.75) is 18.9 Å². The summed E-state index contributed by atoms with van der Waals surface area (Å²) in [5.74, 6) is 1.71. The predicted molar refractivity (Wildman–Crippen MR) is 99.1 cm³/mol. The number of hydrogen-bond acceptors (Lipinski definition) is 4. The monoisotopic (exact) mass is 363 g/mol. The van der Waals surface area contributed by atoms with Crippen LogP contribution in [-0.4, -0.2) is 84.6 Å². The number of aromatic nitrogens is 1. The Labute approximate surface area is 154 Å². The van der Waals surface area contributed by atoms with Crippen LogP contribution in [0, 0.1) is 5.92 Å². The number of hydrogen-bond donors (Lipinski definition) is 0. The molecule has 1 aromatic rings. The lowest BCUT2D eigenvalue weighted by Crippen LogP contribution is -2.57. The molecular formula is C18H26ClN5O. The lowest BCUT2D eigenvalue weighted by atomic mass is 9.92. The number of carbonyl (C=O) groups is 1. The first-order valence-electron chi connectivity index (χ1n) is 9.22. The highest BCUT2D eigenvalue weighted by atomic mass is 35.5. The summed E-state index contributed by atoms with van der Waals surface area (Å²) >= 11 is 5.91. The average Bonchev–Trinajstić information content (AvgIpc) is 3.02. The summed E-state index contributed by atoms with van der Waals surface area (Å²) in [4.78, 5) is 26.0. The highest BCUT2D eigenvalue weighted by Crippen LogP contribution is 2.31. The van der Waals surface area contributed by atoms with Crippen LogP contribution >= 0.6 is 11.6 Å². The Kier molecular flexibility index (Phi) is 4.73. The van der Waals surface area contributed by atoms with Crippen molar-refractivity contribution in [2.75, 3.05) is 57.8 Å². The van der Waals surface area contributed by atoms with E-state index in [2.05, 4.69) is 26.7 Å². The second-order valence-electron chi connectivity index (χ2n) is 7.42. The van der Waals surface area contributed by atoms with Crippen molar-refractivity contribution in [3.05, 3.63) is 23.4 Å². The number of carbonyl (C=O) groups excluding carboxylic acids is 1. The molecule has 3 saturated heterocycles. The lowest BCUT2D eigenvalue weighted by Gasteiger charge is -2.42. The molecule has 0 radical (unpaired) electrons. The molecule has 0 aromatic carbocycles. The summed E-state index contributed by atoms with van der Waals surface area (Å²) in [6.07, 6.45) is 4.11. The predicted octanol–water partition coefficient (Wildman–Crippen LogP) is 2.00. The van der Waals surface area contributed by atoms with Gasteiger partial charge in [0, 0.05) is 51.5 Å². The van der Waals surface area contributed by atoms with Crippen molar-refractivity contribution in [2.24, 2.45) is 5.92 Å². The van der Waals surface area contributed by atoms with Gasteiger partial charge < -0.3 is 19.6 Å². The van der Waals surface area contributed by atoms with Gasteiger partial charge in [-0.05, 0) is 44.5 Å². The van der Waals surface area contributed by atoms with Crippen molar-refractivity contribution < 1.29 is 4.79 Å². The summed E-state index contributed by atoms with van der Waals surface area (Å²) in [5, 5.41) is 0.651. The van der Waals surface area contributed by atoms with E-state index in [0.29, 0.717) is 11.1 Å². The van der Waals surface area contributed by atoms with Crippen molar-refractivity contribution in [1.82, 2.24) is 19.7 Å². The molecule has 136 valence electrons. The van der Waals surface area contributed by atoms with E-state index in [9.17, 15) is 4.79 Å². The fourth-order valence-electron chi connectivity index (χ4n) is 4.41. The van der Waals surface area contributed by atoms with Gasteiger partial charge in [0.05, 0.1) is 5.02 Å². The second kappa shape index (κ2) is 7.00. The van der Waals surface area contributed by atoms with Gasteiger partial charge in [-0.25, -0.2) is 9.78 Å². The van der Waals surface area contributed by atoms with Gasteiger partial charge in [0.25, 0.3) is 0 Å². The van der Waals surface area contributed by atoms with Crippen LogP contribution in [-0.2, 0) is 0 Å². The van der Waals surface area contributed by atoms with E-state index < -0.39 is 0 Å². The molecule has 0 spiro atoms. The minimum absolute atomic E-state index is 0.211. The molecule has 2 atom stereocenters. The number of likely N-dealkylation sites (N-methyl/N-ethyl adjacent to an activating group) is 1. The maximum absolute atomic E-state index is 12.9.